The maximum absolute atomic E-state index is 13.6. The molecule has 6 N–H and O–H groups in total. The number of carbonyl (C=O) groups is 2. The number of ketones is 1. The highest BCUT2D eigenvalue weighted by atomic mass is 16.7. The van der Waals surface area contributed by atoms with Crippen LogP contribution in [-0.2, 0) is 20.6 Å². The van der Waals surface area contributed by atoms with Crippen LogP contribution in [0, 0.1) is 36.5 Å². The summed E-state index contributed by atoms with van der Waals surface area (Å²) in [4.78, 5) is 26.0. The minimum absolute atomic E-state index is 0.0108. The SMILES string of the molecule is Cc1c(C(=O)CCc2ccccc2)c(O)c2c(OC3OC(CO)C4(CC5C6=C(CC=C6C6COCC7CCCC5C76)CO4)C(O)C3O)cc(C(=O)O)cc2c1O. The van der Waals surface area contributed by atoms with Crippen molar-refractivity contribution in [3.8, 4) is 17.2 Å². The van der Waals surface area contributed by atoms with Crippen LogP contribution < -0.4 is 4.74 Å². The summed E-state index contributed by atoms with van der Waals surface area (Å²) in [6.45, 7) is 2.50. The van der Waals surface area contributed by atoms with Crippen molar-refractivity contribution in [2.24, 2.45) is 29.6 Å². The number of hydrogen-bond acceptors (Lipinski definition) is 11. The van der Waals surface area contributed by atoms with Crippen molar-refractivity contribution in [2.75, 3.05) is 26.4 Å². The Hall–Kier alpha value is -4.30. The van der Waals surface area contributed by atoms with E-state index >= 15 is 0 Å². The monoisotopic (exact) mass is 768 g/mol. The third-order valence-electron chi connectivity index (χ3n) is 13.8. The van der Waals surface area contributed by atoms with Crippen molar-refractivity contribution in [3.05, 3.63) is 87.5 Å². The van der Waals surface area contributed by atoms with Crippen LogP contribution in [0.5, 0.6) is 17.2 Å². The summed E-state index contributed by atoms with van der Waals surface area (Å²) < 4.78 is 25.3. The lowest BCUT2D eigenvalue weighted by molar-refractivity contribution is -0.326. The molecule has 56 heavy (non-hydrogen) atoms. The van der Waals surface area contributed by atoms with Crippen LogP contribution in [0.25, 0.3) is 10.8 Å². The summed E-state index contributed by atoms with van der Waals surface area (Å²) in [6, 6.07) is 11.6. The highest BCUT2D eigenvalue weighted by Crippen LogP contribution is 2.61. The molecule has 3 aromatic carbocycles. The summed E-state index contributed by atoms with van der Waals surface area (Å²) in [7, 11) is 0. The molecule has 2 saturated carbocycles. The maximum atomic E-state index is 13.6. The molecule has 4 fully saturated rings. The highest BCUT2D eigenvalue weighted by molar-refractivity contribution is 6.11. The number of aliphatic hydroxyl groups is 3. The molecule has 0 bridgehead atoms. The number of phenolic OH excluding ortho intramolecular Hbond substituents is 2. The number of aliphatic hydroxyl groups excluding tert-OH is 3. The molecular formula is C44H48O12. The van der Waals surface area contributed by atoms with Gasteiger partial charge in [-0.1, -0.05) is 42.8 Å². The third-order valence-corrected chi connectivity index (χ3v) is 13.8. The molecule has 6 aliphatic rings. The molecule has 12 nitrogen and oxygen atoms in total. The third kappa shape index (κ3) is 5.79. The maximum Gasteiger partial charge on any atom is 0.335 e. The first-order valence-corrected chi connectivity index (χ1v) is 19.8. The van der Waals surface area contributed by atoms with E-state index in [0.717, 1.165) is 49.5 Å². The van der Waals surface area contributed by atoms with Crippen molar-refractivity contribution in [3.63, 3.8) is 0 Å². The Morgan fingerprint density at radius 2 is 1.82 bits per heavy atom. The number of aryl methyl sites for hydroxylation is 1. The Kier molecular flexibility index (Phi) is 9.50. The first-order valence-electron chi connectivity index (χ1n) is 19.8. The quantitative estimate of drug-likeness (QED) is 0.133. The molecule has 296 valence electrons. The van der Waals surface area contributed by atoms with E-state index in [1.54, 1.807) is 0 Å². The molecule has 12 heteroatoms. The number of allylic oxidation sites excluding steroid dienone is 2. The molecule has 3 aromatic rings. The first kappa shape index (κ1) is 37.3. The van der Waals surface area contributed by atoms with Crippen molar-refractivity contribution >= 4 is 22.5 Å². The highest BCUT2D eigenvalue weighted by Gasteiger charge is 2.62. The number of rotatable bonds is 8. The number of Topliss-reactive ketones (excluding diaryl/α,β-unsaturated/α-hetero) is 1. The van der Waals surface area contributed by atoms with Gasteiger partial charge in [-0.15, -0.1) is 0 Å². The number of fused-ring (bicyclic) bond motifs is 3. The van der Waals surface area contributed by atoms with Crippen LogP contribution in [0.4, 0.5) is 0 Å². The summed E-state index contributed by atoms with van der Waals surface area (Å²) >= 11 is 0. The van der Waals surface area contributed by atoms with Crippen LogP contribution in [-0.4, -0.2) is 99.0 Å². The lowest BCUT2D eigenvalue weighted by atomic mass is 9.52. The van der Waals surface area contributed by atoms with Crippen molar-refractivity contribution in [1.82, 2.24) is 0 Å². The van der Waals surface area contributed by atoms with Crippen LogP contribution in [0.2, 0.25) is 0 Å². The average molecular weight is 769 g/mol. The Morgan fingerprint density at radius 3 is 2.59 bits per heavy atom. The van der Waals surface area contributed by atoms with Crippen LogP contribution in [0.3, 0.4) is 0 Å². The first-order chi connectivity index (χ1) is 27.0. The lowest BCUT2D eigenvalue weighted by Gasteiger charge is -2.56. The van der Waals surface area contributed by atoms with E-state index < -0.39 is 60.1 Å². The van der Waals surface area contributed by atoms with Gasteiger partial charge in [-0.3, -0.25) is 4.79 Å². The van der Waals surface area contributed by atoms with E-state index in [-0.39, 0.29) is 52.2 Å². The Balaban J connectivity index is 1.05. The number of phenols is 2. The van der Waals surface area contributed by atoms with Crippen LogP contribution >= 0.6 is 0 Å². The normalized spacial score (nSPS) is 33.4. The number of carboxylic acids is 1. The molecule has 10 atom stereocenters. The van der Waals surface area contributed by atoms with Gasteiger partial charge in [-0.05, 0) is 97.1 Å². The predicted octanol–water partition coefficient (Wildman–Crippen LogP) is 4.99. The molecule has 10 unspecified atom stereocenters. The van der Waals surface area contributed by atoms with Gasteiger partial charge in [0.2, 0.25) is 6.29 Å². The van der Waals surface area contributed by atoms with Gasteiger partial charge in [-0.25, -0.2) is 4.79 Å². The number of ether oxygens (including phenoxy) is 4. The Labute approximate surface area is 324 Å². The van der Waals surface area contributed by atoms with E-state index in [0.29, 0.717) is 43.1 Å². The van der Waals surface area contributed by atoms with Gasteiger partial charge < -0.3 is 49.6 Å². The van der Waals surface area contributed by atoms with E-state index in [1.165, 1.54) is 24.1 Å². The van der Waals surface area contributed by atoms with E-state index in [2.05, 4.69) is 6.08 Å². The van der Waals surface area contributed by atoms with Gasteiger partial charge in [0, 0.05) is 29.9 Å². The van der Waals surface area contributed by atoms with Gasteiger partial charge in [0.1, 0.15) is 41.2 Å². The fourth-order valence-electron chi connectivity index (χ4n) is 11.2. The molecule has 0 aromatic heterocycles. The van der Waals surface area contributed by atoms with Crippen molar-refractivity contribution in [2.45, 2.75) is 82.1 Å². The fraction of sp³-hybridized carbons (Fsp3) is 0.500. The second kappa shape index (κ2) is 14.3. The van der Waals surface area contributed by atoms with Crippen molar-refractivity contribution in [1.29, 1.82) is 0 Å². The van der Waals surface area contributed by atoms with Gasteiger partial charge in [0.15, 0.2) is 5.78 Å². The molecule has 3 aliphatic heterocycles. The van der Waals surface area contributed by atoms with Gasteiger partial charge in [0.05, 0.1) is 36.3 Å². The average Bonchev–Trinajstić information content (AvgIpc) is 3.56. The summed E-state index contributed by atoms with van der Waals surface area (Å²) in [5.74, 6) is -1.56. The molecule has 1 spiro atoms. The molecule has 3 heterocycles. The molecule has 9 rings (SSSR count). The number of aromatic carboxylic acids is 1. The summed E-state index contributed by atoms with van der Waals surface area (Å²) in [5.41, 5.74) is 2.72. The number of hydrogen-bond donors (Lipinski definition) is 6. The van der Waals surface area contributed by atoms with Gasteiger partial charge >= 0.3 is 5.97 Å². The zero-order valence-electron chi connectivity index (χ0n) is 31.2. The number of carboxylic acid groups (broad SMARTS) is 1. The Bertz CT molecular complexity index is 2140. The number of benzene rings is 3. The fourth-order valence-corrected chi connectivity index (χ4v) is 11.2. The lowest BCUT2D eigenvalue weighted by Crippen LogP contribution is -2.69. The van der Waals surface area contributed by atoms with E-state index in [9.17, 15) is 40.2 Å². The van der Waals surface area contributed by atoms with E-state index in [4.69, 9.17) is 18.9 Å². The van der Waals surface area contributed by atoms with E-state index in [1.807, 2.05) is 30.3 Å². The summed E-state index contributed by atoms with van der Waals surface area (Å²) in [5, 5.41) is 67.8. The van der Waals surface area contributed by atoms with Crippen LogP contribution in [0.15, 0.2) is 65.3 Å². The molecule has 2 saturated heterocycles. The number of carbonyl (C=O) groups excluding carboxylic acids is 1. The Morgan fingerprint density at radius 1 is 1.02 bits per heavy atom. The minimum atomic E-state index is -1.75. The molecule has 0 amide bonds. The standard InChI is InChI=1S/C44H48O12/c1-21-34(31(46)13-10-22-6-3-2-4-7-22)39(48)37-28(38(21)47)14-25(42(51)52)15-32(37)55-43-40(49)41(50)44(33(17-45)56-43)16-29-26-9-5-8-23-18-53-20-30(36(23)26)27-12-11-24(19-54-44)35(27)29/h2-4,6-7,12,14-15,23,26,29-30,33,36,40-41,43,45,47-50H,5,8-11,13,16-20H2,1H3,(H,51,52). The van der Waals surface area contributed by atoms with Gasteiger partial charge in [-0.2, -0.15) is 0 Å². The topological polar surface area (TPSA) is 192 Å². The largest absolute Gasteiger partial charge is 0.507 e. The second-order valence-electron chi connectivity index (χ2n) is 16.5. The molecule has 3 aliphatic carbocycles. The minimum Gasteiger partial charge on any atom is -0.507 e. The molecular weight excluding hydrogens is 720 g/mol. The van der Waals surface area contributed by atoms with Crippen LogP contribution in [0.1, 0.15) is 70.4 Å². The smallest absolute Gasteiger partial charge is 0.335 e. The zero-order valence-corrected chi connectivity index (χ0v) is 31.2. The predicted molar refractivity (Wildman–Crippen MR) is 202 cm³/mol. The molecule has 0 radical (unpaired) electrons. The second-order valence-corrected chi connectivity index (χ2v) is 16.5. The van der Waals surface area contributed by atoms with Gasteiger partial charge in [0.25, 0.3) is 0 Å². The number of aromatic hydroxyl groups is 2. The van der Waals surface area contributed by atoms with Crippen molar-refractivity contribution < 1.29 is 59.2 Å². The zero-order chi connectivity index (χ0) is 39.0. The summed E-state index contributed by atoms with van der Waals surface area (Å²) in [6.07, 6.45) is 0.735.